The van der Waals surface area contributed by atoms with Crippen molar-refractivity contribution >= 4 is 28.5 Å². The summed E-state index contributed by atoms with van der Waals surface area (Å²) >= 11 is 0. The smallest absolute Gasteiger partial charge is 0.254 e. The van der Waals surface area contributed by atoms with Crippen molar-refractivity contribution in [3.8, 4) is 0 Å². The summed E-state index contributed by atoms with van der Waals surface area (Å²) in [4.78, 5) is 41.1. The number of piperidine rings is 1. The van der Waals surface area contributed by atoms with E-state index in [0.29, 0.717) is 37.7 Å². The van der Waals surface area contributed by atoms with Crippen LogP contribution < -0.4 is 4.90 Å². The number of rotatable bonds is 3. The van der Waals surface area contributed by atoms with Crippen LogP contribution in [0.1, 0.15) is 23.2 Å². The third-order valence-corrected chi connectivity index (χ3v) is 6.50. The Kier molecular flexibility index (Phi) is 5.71. The Hall–Kier alpha value is -3.48. The van der Waals surface area contributed by atoms with E-state index in [2.05, 4.69) is 14.9 Å². The molecule has 32 heavy (non-hydrogen) atoms. The zero-order valence-electron chi connectivity index (χ0n) is 18.1. The maximum absolute atomic E-state index is 13.3. The number of anilines is 1. The van der Waals surface area contributed by atoms with Gasteiger partial charge in [-0.3, -0.25) is 9.59 Å². The molecule has 2 aromatic carbocycles. The first kappa shape index (κ1) is 20.4. The lowest BCUT2D eigenvalue weighted by molar-refractivity contribution is -0.137. The van der Waals surface area contributed by atoms with Crippen LogP contribution in [0.25, 0.3) is 10.8 Å². The van der Waals surface area contributed by atoms with Gasteiger partial charge in [-0.1, -0.05) is 36.4 Å². The Morgan fingerprint density at radius 2 is 1.56 bits per heavy atom. The van der Waals surface area contributed by atoms with Crippen LogP contribution in [-0.2, 0) is 4.79 Å². The molecule has 0 radical (unpaired) electrons. The molecule has 2 aliphatic heterocycles. The molecule has 0 saturated carbocycles. The number of fused-ring (bicyclic) bond motifs is 1. The Morgan fingerprint density at radius 1 is 0.812 bits per heavy atom. The molecule has 0 N–H and O–H groups in total. The van der Waals surface area contributed by atoms with Gasteiger partial charge in [-0.2, -0.15) is 0 Å². The van der Waals surface area contributed by atoms with Crippen molar-refractivity contribution in [3.05, 3.63) is 66.5 Å². The van der Waals surface area contributed by atoms with Crippen molar-refractivity contribution in [2.45, 2.75) is 12.8 Å². The summed E-state index contributed by atoms with van der Waals surface area (Å²) in [6.45, 7) is 3.95. The molecule has 2 aliphatic rings. The van der Waals surface area contributed by atoms with E-state index in [1.54, 1.807) is 18.5 Å². The SMILES string of the molecule is O=C(c1cccc2ccccc12)N1CCC[C@H](C(=O)N2CCN(c3ncccn3)CC2)C1. The molecule has 0 aliphatic carbocycles. The first-order chi connectivity index (χ1) is 15.7. The minimum Gasteiger partial charge on any atom is -0.339 e. The third kappa shape index (κ3) is 4.02. The largest absolute Gasteiger partial charge is 0.339 e. The molecular formula is C25H27N5O2. The van der Waals surface area contributed by atoms with Crippen molar-refractivity contribution in [2.75, 3.05) is 44.2 Å². The zero-order chi connectivity index (χ0) is 21.9. The number of hydrogen-bond donors (Lipinski definition) is 0. The number of nitrogens with zero attached hydrogens (tertiary/aromatic N) is 5. The van der Waals surface area contributed by atoms with E-state index in [1.807, 2.05) is 52.3 Å². The van der Waals surface area contributed by atoms with E-state index in [-0.39, 0.29) is 17.7 Å². The van der Waals surface area contributed by atoms with Gasteiger partial charge in [-0.05, 0) is 35.7 Å². The average molecular weight is 430 g/mol. The van der Waals surface area contributed by atoms with Crippen LogP contribution >= 0.6 is 0 Å². The van der Waals surface area contributed by atoms with E-state index in [9.17, 15) is 9.59 Å². The fourth-order valence-corrected chi connectivity index (χ4v) is 4.78. The van der Waals surface area contributed by atoms with E-state index >= 15 is 0 Å². The van der Waals surface area contributed by atoms with E-state index < -0.39 is 0 Å². The van der Waals surface area contributed by atoms with Gasteiger partial charge in [0.05, 0.1) is 5.92 Å². The molecule has 2 fully saturated rings. The van der Waals surface area contributed by atoms with Gasteiger partial charge in [0.2, 0.25) is 11.9 Å². The Labute approximate surface area is 187 Å². The Balaban J connectivity index is 1.24. The van der Waals surface area contributed by atoms with Gasteiger partial charge >= 0.3 is 0 Å². The molecule has 3 aromatic rings. The summed E-state index contributed by atoms with van der Waals surface area (Å²) in [6.07, 6.45) is 5.16. The number of hydrogen-bond acceptors (Lipinski definition) is 5. The predicted octanol–water partition coefficient (Wildman–Crippen LogP) is 2.83. The monoisotopic (exact) mass is 429 g/mol. The number of likely N-dealkylation sites (tertiary alicyclic amines) is 1. The van der Waals surface area contributed by atoms with Crippen molar-refractivity contribution < 1.29 is 9.59 Å². The summed E-state index contributed by atoms with van der Waals surface area (Å²) in [5.74, 6) is 0.755. The highest BCUT2D eigenvalue weighted by Gasteiger charge is 2.33. The first-order valence-corrected chi connectivity index (χ1v) is 11.3. The highest BCUT2D eigenvalue weighted by molar-refractivity contribution is 6.07. The summed E-state index contributed by atoms with van der Waals surface area (Å²) in [5, 5.41) is 2.02. The fraction of sp³-hybridized carbons (Fsp3) is 0.360. The lowest BCUT2D eigenvalue weighted by atomic mass is 9.95. The van der Waals surface area contributed by atoms with Gasteiger partial charge in [0, 0.05) is 57.2 Å². The molecule has 1 aromatic heterocycles. The number of aromatic nitrogens is 2. The highest BCUT2D eigenvalue weighted by Crippen LogP contribution is 2.25. The number of benzene rings is 2. The predicted molar refractivity (Wildman–Crippen MR) is 123 cm³/mol. The molecule has 1 atom stereocenters. The second-order valence-corrected chi connectivity index (χ2v) is 8.48. The van der Waals surface area contributed by atoms with E-state index in [4.69, 9.17) is 0 Å². The maximum atomic E-state index is 13.3. The van der Waals surface area contributed by atoms with Crippen molar-refractivity contribution in [2.24, 2.45) is 5.92 Å². The number of amides is 2. The average Bonchev–Trinajstić information content (AvgIpc) is 2.88. The number of piperazine rings is 1. The van der Waals surface area contributed by atoms with Crippen LogP contribution in [0.15, 0.2) is 60.9 Å². The molecular weight excluding hydrogens is 402 g/mol. The van der Waals surface area contributed by atoms with Crippen LogP contribution in [0.4, 0.5) is 5.95 Å². The van der Waals surface area contributed by atoms with Crippen molar-refractivity contribution in [1.29, 1.82) is 0 Å². The summed E-state index contributed by atoms with van der Waals surface area (Å²) < 4.78 is 0. The molecule has 0 spiro atoms. The quantitative estimate of drug-likeness (QED) is 0.640. The van der Waals surface area contributed by atoms with Crippen LogP contribution in [-0.4, -0.2) is 70.9 Å². The molecule has 2 amide bonds. The van der Waals surface area contributed by atoms with Gasteiger partial charge in [-0.15, -0.1) is 0 Å². The molecule has 2 saturated heterocycles. The molecule has 0 unspecified atom stereocenters. The molecule has 7 nitrogen and oxygen atoms in total. The van der Waals surface area contributed by atoms with Gasteiger partial charge in [-0.25, -0.2) is 9.97 Å². The van der Waals surface area contributed by atoms with E-state index in [1.165, 1.54) is 0 Å². The molecule has 7 heteroatoms. The number of carbonyl (C=O) groups is 2. The summed E-state index contributed by atoms with van der Waals surface area (Å²) in [7, 11) is 0. The van der Waals surface area contributed by atoms with Crippen LogP contribution in [0.5, 0.6) is 0 Å². The second-order valence-electron chi connectivity index (χ2n) is 8.48. The van der Waals surface area contributed by atoms with Gasteiger partial charge in [0.25, 0.3) is 5.91 Å². The zero-order valence-corrected chi connectivity index (χ0v) is 18.1. The maximum Gasteiger partial charge on any atom is 0.254 e. The van der Waals surface area contributed by atoms with E-state index in [0.717, 1.165) is 36.7 Å². The normalized spacial score (nSPS) is 19.2. The molecule has 5 rings (SSSR count). The van der Waals surface area contributed by atoms with Crippen LogP contribution in [0.3, 0.4) is 0 Å². The second kappa shape index (κ2) is 8.94. The minimum atomic E-state index is -0.137. The number of carbonyl (C=O) groups excluding carboxylic acids is 2. The van der Waals surface area contributed by atoms with Crippen molar-refractivity contribution in [3.63, 3.8) is 0 Å². The summed E-state index contributed by atoms with van der Waals surface area (Å²) in [6, 6.07) is 15.6. The van der Waals surface area contributed by atoms with Gasteiger partial charge < -0.3 is 14.7 Å². The Bertz CT molecular complexity index is 1110. The topological polar surface area (TPSA) is 69.6 Å². The molecule has 164 valence electrons. The van der Waals surface area contributed by atoms with Crippen LogP contribution in [0, 0.1) is 5.92 Å². The standard InChI is InChI=1S/C25H27N5O2/c31-23(28-14-16-29(17-15-28)25-26-11-5-12-27-25)20-8-4-13-30(18-20)24(32)22-10-3-7-19-6-1-2-9-21(19)22/h1-3,5-7,9-12,20H,4,8,13-18H2/t20-/m0/s1. The molecule has 0 bridgehead atoms. The summed E-state index contributed by atoms with van der Waals surface area (Å²) in [5.41, 5.74) is 0.715. The van der Waals surface area contributed by atoms with Gasteiger partial charge in [0.15, 0.2) is 0 Å². The van der Waals surface area contributed by atoms with Crippen molar-refractivity contribution in [1.82, 2.24) is 19.8 Å². The van der Waals surface area contributed by atoms with Crippen LogP contribution in [0.2, 0.25) is 0 Å². The Morgan fingerprint density at radius 3 is 2.38 bits per heavy atom. The van der Waals surface area contributed by atoms with Gasteiger partial charge in [0.1, 0.15) is 0 Å². The highest BCUT2D eigenvalue weighted by atomic mass is 16.2. The third-order valence-electron chi connectivity index (χ3n) is 6.50. The lowest BCUT2D eigenvalue weighted by Gasteiger charge is -2.39. The first-order valence-electron chi connectivity index (χ1n) is 11.3. The molecule has 3 heterocycles. The minimum absolute atomic E-state index is 0.0188. The lowest BCUT2D eigenvalue weighted by Crippen LogP contribution is -2.53. The fourth-order valence-electron chi connectivity index (χ4n) is 4.78.